The van der Waals surface area contributed by atoms with E-state index in [0.717, 1.165) is 5.56 Å². The number of amides is 2. The highest BCUT2D eigenvalue weighted by atomic mass is 35.5. The van der Waals surface area contributed by atoms with Crippen LogP contribution in [-0.2, 0) is 11.3 Å². The molecule has 0 saturated heterocycles. The molecule has 0 radical (unpaired) electrons. The van der Waals surface area contributed by atoms with Gasteiger partial charge in [-0.3, -0.25) is 9.59 Å². The van der Waals surface area contributed by atoms with Gasteiger partial charge in [-0.2, -0.15) is 0 Å². The van der Waals surface area contributed by atoms with Gasteiger partial charge in [-0.05, 0) is 23.8 Å². The van der Waals surface area contributed by atoms with E-state index in [9.17, 15) is 9.59 Å². The lowest BCUT2D eigenvalue weighted by atomic mass is 10.1. The van der Waals surface area contributed by atoms with Gasteiger partial charge >= 0.3 is 0 Å². The maximum absolute atomic E-state index is 12.5. The summed E-state index contributed by atoms with van der Waals surface area (Å²) in [4.78, 5) is 24.5. The molecule has 0 aliphatic heterocycles. The van der Waals surface area contributed by atoms with Crippen LogP contribution in [0.5, 0.6) is 5.75 Å². The second kappa shape index (κ2) is 9.10. The van der Waals surface area contributed by atoms with E-state index in [4.69, 9.17) is 16.3 Å². The Bertz CT molecular complexity index is 957. The quantitative estimate of drug-likeness (QED) is 0.643. The minimum absolute atomic E-state index is 0.147. The summed E-state index contributed by atoms with van der Waals surface area (Å²) in [7, 11) is 1.48. The lowest BCUT2D eigenvalue weighted by Crippen LogP contribution is -2.36. The molecule has 1 aromatic heterocycles. The largest absolute Gasteiger partial charge is 0.496 e. The molecule has 7 heteroatoms. The van der Waals surface area contributed by atoms with Crippen molar-refractivity contribution in [2.24, 2.45) is 0 Å². The van der Waals surface area contributed by atoms with E-state index < -0.39 is 5.91 Å². The van der Waals surface area contributed by atoms with Gasteiger partial charge in [0, 0.05) is 25.0 Å². The molecule has 2 N–H and O–H groups in total. The highest BCUT2D eigenvalue weighted by Gasteiger charge is 2.17. The number of methoxy groups -OCH3 is 1. The molecule has 0 fully saturated rings. The van der Waals surface area contributed by atoms with E-state index in [-0.39, 0.29) is 18.0 Å². The SMILES string of the molecule is COc1cc(-n2cccc2)c(Cl)cc1C(=O)NCC(=O)NCc1ccccc1. The molecule has 6 nitrogen and oxygen atoms in total. The Morgan fingerprint density at radius 2 is 1.75 bits per heavy atom. The number of benzene rings is 2. The zero-order valence-corrected chi connectivity index (χ0v) is 16.1. The summed E-state index contributed by atoms with van der Waals surface area (Å²) in [6.07, 6.45) is 3.69. The molecule has 1 heterocycles. The molecule has 0 aliphatic rings. The molecule has 0 aliphatic carbocycles. The van der Waals surface area contributed by atoms with Crippen molar-refractivity contribution in [3.63, 3.8) is 0 Å². The smallest absolute Gasteiger partial charge is 0.255 e. The molecule has 28 heavy (non-hydrogen) atoms. The molecule has 0 unspecified atom stereocenters. The normalized spacial score (nSPS) is 10.4. The van der Waals surface area contributed by atoms with Crippen LogP contribution in [0.25, 0.3) is 5.69 Å². The van der Waals surface area contributed by atoms with Crippen molar-refractivity contribution in [2.45, 2.75) is 6.54 Å². The summed E-state index contributed by atoms with van der Waals surface area (Å²) in [5, 5.41) is 5.75. The highest BCUT2D eigenvalue weighted by Crippen LogP contribution is 2.29. The Balaban J connectivity index is 1.63. The van der Waals surface area contributed by atoms with Crippen LogP contribution in [0, 0.1) is 0 Å². The fraction of sp³-hybridized carbons (Fsp3) is 0.143. The Morgan fingerprint density at radius 3 is 2.43 bits per heavy atom. The lowest BCUT2D eigenvalue weighted by Gasteiger charge is -2.13. The Hall–Kier alpha value is -3.25. The van der Waals surface area contributed by atoms with Crippen molar-refractivity contribution in [3.8, 4) is 11.4 Å². The van der Waals surface area contributed by atoms with Crippen LogP contribution in [-0.4, -0.2) is 30.0 Å². The van der Waals surface area contributed by atoms with Crippen LogP contribution in [0.3, 0.4) is 0 Å². The molecule has 0 saturated carbocycles. The third-order valence-electron chi connectivity index (χ3n) is 4.14. The van der Waals surface area contributed by atoms with E-state index in [1.54, 1.807) is 6.07 Å². The van der Waals surface area contributed by atoms with E-state index in [1.165, 1.54) is 13.2 Å². The highest BCUT2D eigenvalue weighted by molar-refractivity contribution is 6.33. The minimum atomic E-state index is -0.437. The predicted molar refractivity (Wildman–Crippen MR) is 108 cm³/mol. The molecule has 144 valence electrons. The first-order chi connectivity index (χ1) is 13.6. The fourth-order valence-corrected chi connectivity index (χ4v) is 2.96. The average molecular weight is 398 g/mol. The van der Waals surface area contributed by atoms with Crippen molar-refractivity contribution >= 4 is 23.4 Å². The van der Waals surface area contributed by atoms with Crippen molar-refractivity contribution in [3.05, 3.63) is 83.1 Å². The fourth-order valence-electron chi connectivity index (χ4n) is 2.70. The standard InChI is InChI=1S/C21H20ClN3O3/c1-28-19-12-18(25-9-5-6-10-25)17(22)11-16(19)21(27)24-14-20(26)23-13-15-7-3-2-4-8-15/h2-12H,13-14H2,1H3,(H,23,26)(H,24,27). The van der Waals surface area contributed by atoms with Gasteiger partial charge in [0.1, 0.15) is 5.75 Å². The maximum Gasteiger partial charge on any atom is 0.255 e. The van der Waals surface area contributed by atoms with Crippen LogP contribution in [0.4, 0.5) is 0 Å². The summed E-state index contributed by atoms with van der Waals surface area (Å²) in [6.45, 7) is 0.252. The Morgan fingerprint density at radius 1 is 1.04 bits per heavy atom. The number of carbonyl (C=O) groups excluding carboxylic acids is 2. The first-order valence-electron chi connectivity index (χ1n) is 8.68. The van der Waals surface area contributed by atoms with Crippen molar-refractivity contribution in [2.75, 3.05) is 13.7 Å². The number of halogens is 1. The predicted octanol–water partition coefficient (Wildman–Crippen LogP) is 3.19. The summed E-state index contributed by atoms with van der Waals surface area (Å²) >= 11 is 6.34. The van der Waals surface area contributed by atoms with E-state index in [2.05, 4.69) is 10.6 Å². The third-order valence-corrected chi connectivity index (χ3v) is 4.44. The lowest BCUT2D eigenvalue weighted by molar-refractivity contribution is -0.120. The minimum Gasteiger partial charge on any atom is -0.496 e. The number of ether oxygens (including phenoxy) is 1. The summed E-state index contributed by atoms with van der Waals surface area (Å²) in [5.74, 6) is -0.353. The molecule has 2 aromatic carbocycles. The number of nitrogens with one attached hydrogen (secondary N) is 2. The van der Waals surface area contributed by atoms with Gasteiger partial charge in [-0.15, -0.1) is 0 Å². The topological polar surface area (TPSA) is 72.4 Å². The summed E-state index contributed by atoms with van der Waals surface area (Å²) < 4.78 is 7.16. The van der Waals surface area contributed by atoms with Crippen LogP contribution in [0.15, 0.2) is 67.0 Å². The number of hydrogen-bond donors (Lipinski definition) is 2. The van der Waals surface area contributed by atoms with Crippen molar-refractivity contribution < 1.29 is 14.3 Å². The van der Waals surface area contributed by atoms with Gasteiger partial charge in [0.05, 0.1) is 29.9 Å². The monoisotopic (exact) mass is 397 g/mol. The van der Waals surface area contributed by atoms with Gasteiger partial charge < -0.3 is 19.9 Å². The average Bonchev–Trinajstić information content (AvgIpc) is 3.25. The van der Waals surface area contributed by atoms with Gasteiger partial charge in [-0.1, -0.05) is 41.9 Å². The van der Waals surface area contributed by atoms with Crippen LogP contribution < -0.4 is 15.4 Å². The summed E-state index contributed by atoms with van der Waals surface area (Å²) in [6, 6.07) is 16.5. The number of hydrogen-bond acceptors (Lipinski definition) is 3. The van der Waals surface area contributed by atoms with Crippen LogP contribution in [0.1, 0.15) is 15.9 Å². The Kier molecular flexibility index (Phi) is 6.34. The molecule has 0 bridgehead atoms. The number of aromatic nitrogens is 1. The summed E-state index contributed by atoms with van der Waals surface area (Å²) in [5.41, 5.74) is 1.94. The van der Waals surface area contributed by atoms with E-state index >= 15 is 0 Å². The maximum atomic E-state index is 12.5. The van der Waals surface area contributed by atoms with E-state index in [1.807, 2.05) is 59.4 Å². The first-order valence-corrected chi connectivity index (χ1v) is 9.06. The zero-order valence-electron chi connectivity index (χ0n) is 15.3. The van der Waals surface area contributed by atoms with Crippen molar-refractivity contribution in [1.29, 1.82) is 0 Å². The third kappa shape index (κ3) is 4.72. The van der Waals surface area contributed by atoms with E-state index in [0.29, 0.717) is 23.0 Å². The zero-order chi connectivity index (χ0) is 19.9. The number of rotatable bonds is 7. The van der Waals surface area contributed by atoms with Gasteiger partial charge in [-0.25, -0.2) is 0 Å². The molecule has 3 rings (SSSR count). The second-order valence-corrected chi connectivity index (χ2v) is 6.45. The molecule has 0 atom stereocenters. The first kappa shape index (κ1) is 19.5. The number of carbonyl (C=O) groups is 2. The molecule has 3 aromatic rings. The van der Waals surface area contributed by atoms with Gasteiger partial charge in [0.2, 0.25) is 5.91 Å². The van der Waals surface area contributed by atoms with Gasteiger partial charge in [0.25, 0.3) is 5.91 Å². The van der Waals surface area contributed by atoms with Crippen molar-refractivity contribution in [1.82, 2.24) is 15.2 Å². The Labute approximate surface area is 168 Å². The molecular formula is C21H20ClN3O3. The molecule has 0 spiro atoms. The molecule has 2 amide bonds. The number of nitrogens with zero attached hydrogens (tertiary/aromatic N) is 1. The second-order valence-electron chi connectivity index (χ2n) is 6.04. The molecular weight excluding hydrogens is 378 g/mol. The van der Waals surface area contributed by atoms with Crippen LogP contribution >= 0.6 is 11.6 Å². The van der Waals surface area contributed by atoms with Gasteiger partial charge in [0.15, 0.2) is 0 Å². The van der Waals surface area contributed by atoms with Crippen LogP contribution in [0.2, 0.25) is 5.02 Å².